The summed E-state index contributed by atoms with van der Waals surface area (Å²) in [5.74, 6) is 0.164. The molecule has 0 saturated heterocycles. The Labute approximate surface area is 126 Å². The molecule has 0 aliphatic rings. The van der Waals surface area contributed by atoms with Gasteiger partial charge in [0.15, 0.2) is 5.69 Å². The lowest BCUT2D eigenvalue weighted by Gasteiger charge is -2.10. The molecule has 0 aliphatic heterocycles. The number of nitrogens with zero attached hydrogens (tertiary/aromatic N) is 2. The molecule has 1 aromatic heterocycles. The van der Waals surface area contributed by atoms with Crippen molar-refractivity contribution in [1.82, 2.24) is 9.55 Å². The maximum absolute atomic E-state index is 11.8. The summed E-state index contributed by atoms with van der Waals surface area (Å²) in [7, 11) is 0. The average Bonchev–Trinajstić information content (AvgIpc) is 2.66. The number of nitrogens with two attached hydrogens (primary N) is 1. The predicted molar refractivity (Wildman–Crippen MR) is 78.7 cm³/mol. The van der Waals surface area contributed by atoms with Gasteiger partial charge in [-0.3, -0.25) is 4.57 Å². The average molecular weight is 314 g/mol. The molecule has 0 radical (unpaired) electrons. The van der Waals surface area contributed by atoms with Gasteiger partial charge in [-0.25, -0.2) is 9.78 Å². The van der Waals surface area contributed by atoms with Crippen molar-refractivity contribution in [1.29, 1.82) is 0 Å². The van der Waals surface area contributed by atoms with E-state index in [0.717, 1.165) is 0 Å². The van der Waals surface area contributed by atoms with Gasteiger partial charge in [-0.1, -0.05) is 23.2 Å². The number of esters is 1. The van der Waals surface area contributed by atoms with Gasteiger partial charge in [0.05, 0.1) is 17.3 Å². The van der Waals surface area contributed by atoms with E-state index >= 15 is 0 Å². The van der Waals surface area contributed by atoms with Crippen LogP contribution in [0.5, 0.6) is 0 Å². The first-order chi connectivity index (χ1) is 9.45. The summed E-state index contributed by atoms with van der Waals surface area (Å²) >= 11 is 12.0. The molecule has 2 N–H and O–H groups in total. The van der Waals surface area contributed by atoms with Gasteiger partial charge < -0.3 is 10.5 Å². The second-order valence-corrected chi connectivity index (χ2v) is 4.89. The number of hydrogen-bond acceptors (Lipinski definition) is 4. The fourth-order valence-electron chi connectivity index (χ4n) is 1.87. The second kappa shape index (κ2) is 5.73. The molecule has 0 atom stereocenters. The van der Waals surface area contributed by atoms with Crippen LogP contribution in [0.3, 0.4) is 0 Å². The normalized spacial score (nSPS) is 10.6. The largest absolute Gasteiger partial charge is 0.461 e. The standard InChI is InChI=1S/C13H13Cl2N3O2/c1-3-20-13(19)11-12(16)18(7(2)17-11)10-5-4-8(14)6-9(10)15/h4-6H,3,16H2,1-2H3. The molecule has 0 amide bonds. The highest BCUT2D eigenvalue weighted by Crippen LogP contribution is 2.29. The van der Waals surface area contributed by atoms with Crippen LogP contribution in [0, 0.1) is 6.92 Å². The van der Waals surface area contributed by atoms with Crippen molar-refractivity contribution < 1.29 is 9.53 Å². The maximum atomic E-state index is 11.8. The van der Waals surface area contributed by atoms with Crippen LogP contribution >= 0.6 is 23.2 Å². The number of ether oxygens (including phenoxy) is 1. The summed E-state index contributed by atoms with van der Waals surface area (Å²) < 4.78 is 6.50. The van der Waals surface area contributed by atoms with Gasteiger partial charge in [0, 0.05) is 5.02 Å². The van der Waals surface area contributed by atoms with Gasteiger partial charge >= 0.3 is 5.97 Å². The van der Waals surface area contributed by atoms with Crippen molar-refractivity contribution in [3.05, 3.63) is 39.8 Å². The Morgan fingerprint density at radius 3 is 2.75 bits per heavy atom. The van der Waals surface area contributed by atoms with Crippen LogP contribution in [0.15, 0.2) is 18.2 Å². The lowest BCUT2D eigenvalue weighted by Crippen LogP contribution is -2.09. The number of halogens is 2. The first-order valence-electron chi connectivity index (χ1n) is 5.93. The van der Waals surface area contributed by atoms with E-state index in [-0.39, 0.29) is 18.1 Å². The number of aryl methyl sites for hydroxylation is 1. The molecule has 5 nitrogen and oxygen atoms in total. The third kappa shape index (κ3) is 2.59. The van der Waals surface area contributed by atoms with Crippen LogP contribution in [0.4, 0.5) is 5.82 Å². The molecule has 20 heavy (non-hydrogen) atoms. The summed E-state index contributed by atoms with van der Waals surface area (Å²) in [6, 6.07) is 5.00. The Balaban J connectivity index is 2.55. The number of rotatable bonds is 3. The van der Waals surface area contributed by atoms with E-state index in [0.29, 0.717) is 21.6 Å². The van der Waals surface area contributed by atoms with Gasteiger partial charge in [0.25, 0.3) is 0 Å². The molecule has 0 spiro atoms. The Bertz CT molecular complexity index is 668. The van der Waals surface area contributed by atoms with Crippen molar-refractivity contribution in [2.24, 2.45) is 0 Å². The smallest absolute Gasteiger partial charge is 0.360 e. The minimum atomic E-state index is -0.558. The predicted octanol–water partition coefficient (Wildman–Crippen LogP) is 3.25. The van der Waals surface area contributed by atoms with E-state index < -0.39 is 5.97 Å². The monoisotopic (exact) mass is 313 g/mol. The molecule has 0 saturated carbocycles. The summed E-state index contributed by atoms with van der Waals surface area (Å²) in [4.78, 5) is 15.9. The number of carbonyl (C=O) groups is 1. The first-order valence-corrected chi connectivity index (χ1v) is 6.68. The SMILES string of the molecule is CCOC(=O)c1nc(C)n(-c2ccc(Cl)cc2Cl)c1N. The van der Waals surface area contributed by atoms with Crippen molar-refractivity contribution in [3.8, 4) is 5.69 Å². The molecular weight excluding hydrogens is 301 g/mol. The number of aromatic nitrogens is 2. The van der Waals surface area contributed by atoms with E-state index in [1.165, 1.54) is 0 Å². The van der Waals surface area contributed by atoms with Crippen molar-refractivity contribution >= 4 is 35.0 Å². The van der Waals surface area contributed by atoms with Crippen LogP contribution in [0.2, 0.25) is 10.0 Å². The highest BCUT2D eigenvalue weighted by atomic mass is 35.5. The summed E-state index contributed by atoms with van der Waals surface area (Å²) in [5.41, 5.74) is 6.67. The molecule has 2 aromatic rings. The molecule has 0 bridgehead atoms. The Hall–Kier alpha value is -1.72. The zero-order valence-electron chi connectivity index (χ0n) is 11.0. The number of carbonyl (C=O) groups excluding carboxylic acids is 1. The Morgan fingerprint density at radius 2 is 2.15 bits per heavy atom. The number of nitrogen functional groups attached to an aromatic ring is 1. The van der Waals surface area contributed by atoms with E-state index in [9.17, 15) is 4.79 Å². The molecule has 0 aliphatic carbocycles. The highest BCUT2D eigenvalue weighted by molar-refractivity contribution is 6.35. The van der Waals surface area contributed by atoms with E-state index in [1.807, 2.05) is 0 Å². The molecular formula is C13H13Cl2N3O2. The lowest BCUT2D eigenvalue weighted by atomic mass is 10.3. The highest BCUT2D eigenvalue weighted by Gasteiger charge is 2.21. The fraction of sp³-hybridized carbons (Fsp3) is 0.231. The molecule has 1 heterocycles. The van der Waals surface area contributed by atoms with Gasteiger partial charge in [-0.15, -0.1) is 0 Å². The molecule has 7 heteroatoms. The summed E-state index contributed by atoms with van der Waals surface area (Å²) in [5, 5.41) is 0.931. The fourth-order valence-corrected chi connectivity index (χ4v) is 2.36. The topological polar surface area (TPSA) is 70.1 Å². The lowest BCUT2D eigenvalue weighted by molar-refractivity contribution is 0.0521. The van der Waals surface area contributed by atoms with E-state index in [1.54, 1.807) is 36.6 Å². The molecule has 2 rings (SSSR count). The minimum absolute atomic E-state index is 0.0790. The van der Waals surface area contributed by atoms with Gasteiger partial charge in [-0.05, 0) is 32.0 Å². The second-order valence-electron chi connectivity index (χ2n) is 4.04. The van der Waals surface area contributed by atoms with Crippen molar-refractivity contribution in [2.45, 2.75) is 13.8 Å². The number of anilines is 1. The minimum Gasteiger partial charge on any atom is -0.461 e. The van der Waals surface area contributed by atoms with E-state index in [4.69, 9.17) is 33.7 Å². The van der Waals surface area contributed by atoms with Gasteiger partial charge in [0.1, 0.15) is 11.6 Å². The number of hydrogen-bond donors (Lipinski definition) is 1. The van der Waals surface area contributed by atoms with Crippen LogP contribution in [-0.4, -0.2) is 22.1 Å². The van der Waals surface area contributed by atoms with E-state index in [2.05, 4.69) is 4.98 Å². The maximum Gasteiger partial charge on any atom is 0.360 e. The molecule has 1 aromatic carbocycles. The van der Waals surface area contributed by atoms with Crippen LogP contribution in [0.25, 0.3) is 5.69 Å². The number of benzene rings is 1. The molecule has 0 unspecified atom stereocenters. The Morgan fingerprint density at radius 1 is 1.45 bits per heavy atom. The number of imidazole rings is 1. The molecule has 0 fully saturated rings. The first kappa shape index (κ1) is 14.7. The van der Waals surface area contributed by atoms with Crippen molar-refractivity contribution in [3.63, 3.8) is 0 Å². The zero-order chi connectivity index (χ0) is 14.9. The van der Waals surface area contributed by atoms with Crippen LogP contribution in [0.1, 0.15) is 23.2 Å². The Kier molecular flexibility index (Phi) is 4.20. The quantitative estimate of drug-likeness (QED) is 0.883. The molecule has 106 valence electrons. The summed E-state index contributed by atoms with van der Waals surface area (Å²) in [6.45, 7) is 3.70. The van der Waals surface area contributed by atoms with Gasteiger partial charge in [0.2, 0.25) is 0 Å². The van der Waals surface area contributed by atoms with Crippen molar-refractivity contribution in [2.75, 3.05) is 12.3 Å². The zero-order valence-corrected chi connectivity index (χ0v) is 12.5. The van der Waals surface area contributed by atoms with Gasteiger partial charge in [-0.2, -0.15) is 0 Å². The third-order valence-electron chi connectivity index (χ3n) is 2.70. The van der Waals surface area contributed by atoms with Crippen LogP contribution < -0.4 is 5.73 Å². The third-order valence-corrected chi connectivity index (χ3v) is 3.24. The van der Waals surface area contributed by atoms with Crippen LogP contribution in [-0.2, 0) is 4.74 Å². The summed E-state index contributed by atoms with van der Waals surface area (Å²) in [6.07, 6.45) is 0.